The number of nitrogens with zero attached hydrogens (tertiary/aromatic N) is 3. The maximum Gasteiger partial charge on any atom is 0.258 e. The minimum absolute atomic E-state index is 0.0384. The lowest BCUT2D eigenvalue weighted by Gasteiger charge is -2.25. The van der Waals surface area contributed by atoms with Gasteiger partial charge >= 0.3 is 0 Å². The Kier molecular flexibility index (Phi) is 4.06. The fourth-order valence-corrected chi connectivity index (χ4v) is 3.57. The number of likely N-dealkylation sites (tertiary alicyclic amines) is 1. The van der Waals surface area contributed by atoms with Crippen LogP contribution in [0.3, 0.4) is 0 Å². The molecule has 5 nitrogen and oxygen atoms in total. The minimum Gasteiger partial charge on any atom is -0.331 e. The van der Waals surface area contributed by atoms with Gasteiger partial charge in [-0.1, -0.05) is 36.4 Å². The molecule has 1 aliphatic heterocycles. The highest BCUT2D eigenvalue weighted by atomic mass is 16.2. The lowest BCUT2D eigenvalue weighted by molar-refractivity contribution is 0.0735. The molecule has 5 heteroatoms. The first-order valence-corrected chi connectivity index (χ1v) is 8.57. The van der Waals surface area contributed by atoms with Crippen LogP contribution in [0.15, 0.2) is 54.9 Å². The third-order valence-electron chi connectivity index (χ3n) is 4.79. The van der Waals surface area contributed by atoms with Crippen LogP contribution in [0.5, 0.6) is 0 Å². The van der Waals surface area contributed by atoms with E-state index in [1.165, 1.54) is 0 Å². The van der Waals surface area contributed by atoms with Crippen LogP contribution in [-0.2, 0) is 0 Å². The Morgan fingerprint density at radius 2 is 2.04 bits per heavy atom. The predicted molar refractivity (Wildman–Crippen MR) is 96.0 cm³/mol. The Morgan fingerprint density at radius 1 is 1.20 bits per heavy atom. The van der Waals surface area contributed by atoms with Gasteiger partial charge in [-0.05, 0) is 31.4 Å². The molecule has 1 unspecified atom stereocenters. The maximum atomic E-state index is 13.4. The summed E-state index contributed by atoms with van der Waals surface area (Å²) in [6.07, 6.45) is 5.59. The highest BCUT2D eigenvalue weighted by Crippen LogP contribution is 2.34. The number of amides is 1. The molecule has 1 aliphatic rings. The van der Waals surface area contributed by atoms with Gasteiger partial charge in [0.25, 0.3) is 5.91 Å². The number of carbonyl (C=O) groups is 1. The van der Waals surface area contributed by atoms with E-state index in [1.807, 2.05) is 60.5 Å². The summed E-state index contributed by atoms with van der Waals surface area (Å²) in [4.78, 5) is 19.5. The third kappa shape index (κ3) is 2.82. The molecule has 0 bridgehead atoms. The number of aromatic amines is 1. The van der Waals surface area contributed by atoms with Gasteiger partial charge in [0.1, 0.15) is 5.69 Å². The lowest BCUT2D eigenvalue weighted by atomic mass is 10.0. The van der Waals surface area contributed by atoms with E-state index in [0.29, 0.717) is 5.56 Å². The summed E-state index contributed by atoms with van der Waals surface area (Å²) in [6.45, 7) is 2.67. The molecule has 1 atom stereocenters. The summed E-state index contributed by atoms with van der Waals surface area (Å²) in [5, 5.41) is 7.38. The van der Waals surface area contributed by atoms with Crippen LogP contribution in [0.4, 0.5) is 0 Å². The van der Waals surface area contributed by atoms with Gasteiger partial charge in [0.05, 0.1) is 11.6 Å². The van der Waals surface area contributed by atoms with Crippen LogP contribution in [-0.4, -0.2) is 32.5 Å². The molecule has 0 radical (unpaired) electrons. The van der Waals surface area contributed by atoms with Crippen LogP contribution in [0.1, 0.15) is 40.5 Å². The summed E-state index contributed by atoms with van der Waals surface area (Å²) in [5.74, 6) is 0.0384. The molecule has 1 amide bonds. The van der Waals surface area contributed by atoms with E-state index in [1.54, 1.807) is 6.20 Å². The average Bonchev–Trinajstić information content (AvgIpc) is 3.29. The number of pyridine rings is 1. The molecule has 3 heterocycles. The number of H-pyrrole nitrogens is 1. The zero-order valence-corrected chi connectivity index (χ0v) is 14.1. The quantitative estimate of drug-likeness (QED) is 0.794. The van der Waals surface area contributed by atoms with Gasteiger partial charge in [-0.15, -0.1) is 0 Å². The number of aryl methyl sites for hydroxylation is 1. The maximum absolute atomic E-state index is 13.4. The van der Waals surface area contributed by atoms with E-state index in [9.17, 15) is 4.79 Å². The molecule has 25 heavy (non-hydrogen) atoms. The first kappa shape index (κ1) is 15.6. The minimum atomic E-state index is 0.0384. The number of nitrogens with one attached hydrogen (secondary N) is 1. The van der Waals surface area contributed by atoms with Gasteiger partial charge in [0.2, 0.25) is 0 Å². The summed E-state index contributed by atoms with van der Waals surface area (Å²) >= 11 is 0. The standard InChI is InChI=1S/C20H20N4O/c1-14-18(19(23-22-14)15-7-3-2-4-8-15)20(25)24-12-6-10-17(24)16-9-5-11-21-13-16/h2-5,7-9,11,13,17H,6,10,12H2,1H3,(H,22,23). The molecule has 0 spiro atoms. The molecule has 4 rings (SSSR count). The van der Waals surface area contributed by atoms with E-state index in [-0.39, 0.29) is 11.9 Å². The number of hydrogen-bond donors (Lipinski definition) is 1. The number of hydrogen-bond acceptors (Lipinski definition) is 3. The Morgan fingerprint density at radius 3 is 2.80 bits per heavy atom. The fraction of sp³-hybridized carbons (Fsp3) is 0.250. The second-order valence-electron chi connectivity index (χ2n) is 6.38. The molecule has 1 aromatic carbocycles. The zero-order valence-electron chi connectivity index (χ0n) is 14.1. The second-order valence-corrected chi connectivity index (χ2v) is 6.38. The third-order valence-corrected chi connectivity index (χ3v) is 4.79. The van der Waals surface area contributed by atoms with E-state index in [0.717, 1.165) is 41.9 Å². The Balaban J connectivity index is 1.71. The molecule has 1 N–H and O–H groups in total. The summed E-state index contributed by atoms with van der Waals surface area (Å²) in [6, 6.07) is 13.9. The van der Waals surface area contributed by atoms with Crippen LogP contribution in [0.25, 0.3) is 11.3 Å². The fourth-order valence-electron chi connectivity index (χ4n) is 3.57. The first-order valence-electron chi connectivity index (χ1n) is 8.57. The van der Waals surface area contributed by atoms with Crippen molar-refractivity contribution in [2.45, 2.75) is 25.8 Å². The molecule has 1 saturated heterocycles. The van der Waals surface area contributed by atoms with Gasteiger partial charge in [-0.25, -0.2) is 0 Å². The van der Waals surface area contributed by atoms with Crippen molar-refractivity contribution in [3.63, 3.8) is 0 Å². The van der Waals surface area contributed by atoms with Gasteiger partial charge in [0, 0.05) is 30.2 Å². The second kappa shape index (κ2) is 6.51. The highest BCUT2D eigenvalue weighted by molar-refractivity contribution is 6.01. The Hall–Kier alpha value is -2.95. The van der Waals surface area contributed by atoms with Crippen molar-refractivity contribution in [1.82, 2.24) is 20.1 Å². The number of aromatic nitrogens is 3. The lowest BCUT2D eigenvalue weighted by Crippen LogP contribution is -2.31. The van der Waals surface area contributed by atoms with E-state index >= 15 is 0 Å². The normalized spacial score (nSPS) is 17.0. The Labute approximate surface area is 146 Å². The molecule has 1 fully saturated rings. The van der Waals surface area contributed by atoms with E-state index in [2.05, 4.69) is 15.2 Å². The number of rotatable bonds is 3. The molecular formula is C20H20N4O. The summed E-state index contributed by atoms with van der Waals surface area (Å²) in [5.41, 5.74) is 4.24. The Bertz CT molecular complexity index is 873. The van der Waals surface area contributed by atoms with Gasteiger partial charge in [-0.2, -0.15) is 5.10 Å². The van der Waals surface area contributed by atoms with Crippen molar-refractivity contribution >= 4 is 5.91 Å². The van der Waals surface area contributed by atoms with Crippen LogP contribution < -0.4 is 0 Å². The SMILES string of the molecule is Cc1[nH]nc(-c2ccccc2)c1C(=O)N1CCCC1c1cccnc1. The first-order chi connectivity index (χ1) is 12.3. The van der Waals surface area contributed by atoms with Crippen molar-refractivity contribution in [2.75, 3.05) is 6.54 Å². The van der Waals surface area contributed by atoms with E-state index < -0.39 is 0 Å². The largest absolute Gasteiger partial charge is 0.331 e. The molecule has 0 aliphatic carbocycles. The van der Waals surface area contributed by atoms with Crippen molar-refractivity contribution in [2.24, 2.45) is 0 Å². The van der Waals surface area contributed by atoms with Crippen molar-refractivity contribution in [3.05, 3.63) is 71.7 Å². The zero-order chi connectivity index (χ0) is 17.2. The molecular weight excluding hydrogens is 312 g/mol. The summed E-state index contributed by atoms with van der Waals surface area (Å²) in [7, 11) is 0. The van der Waals surface area contributed by atoms with Gasteiger partial charge in [0.15, 0.2) is 0 Å². The monoisotopic (exact) mass is 332 g/mol. The number of carbonyl (C=O) groups excluding carboxylic acids is 1. The van der Waals surface area contributed by atoms with Gasteiger partial charge in [-0.3, -0.25) is 14.9 Å². The smallest absolute Gasteiger partial charge is 0.258 e. The molecule has 126 valence electrons. The van der Waals surface area contributed by atoms with Gasteiger partial charge < -0.3 is 4.90 Å². The van der Waals surface area contributed by atoms with Crippen LogP contribution in [0, 0.1) is 6.92 Å². The van der Waals surface area contributed by atoms with Crippen molar-refractivity contribution in [3.8, 4) is 11.3 Å². The highest BCUT2D eigenvalue weighted by Gasteiger charge is 2.33. The molecule has 2 aromatic heterocycles. The average molecular weight is 332 g/mol. The van der Waals surface area contributed by atoms with Crippen LogP contribution in [0.2, 0.25) is 0 Å². The molecule has 0 saturated carbocycles. The van der Waals surface area contributed by atoms with E-state index in [4.69, 9.17) is 0 Å². The van der Waals surface area contributed by atoms with Crippen LogP contribution >= 0.6 is 0 Å². The molecule has 3 aromatic rings. The summed E-state index contributed by atoms with van der Waals surface area (Å²) < 4.78 is 0. The number of benzene rings is 1. The predicted octanol–water partition coefficient (Wildman–Crippen LogP) is 3.76. The van der Waals surface area contributed by atoms with Crippen molar-refractivity contribution < 1.29 is 4.79 Å². The van der Waals surface area contributed by atoms with Crippen molar-refractivity contribution in [1.29, 1.82) is 0 Å². The topological polar surface area (TPSA) is 61.9 Å².